The van der Waals surface area contributed by atoms with Gasteiger partial charge in [0.2, 0.25) is 11.8 Å². The molecule has 3 rings (SSSR count). The molecule has 12 heteroatoms. The highest BCUT2D eigenvalue weighted by molar-refractivity contribution is 7.92. The minimum atomic E-state index is -4.88. The van der Waals surface area contributed by atoms with Gasteiger partial charge in [0.25, 0.3) is 10.0 Å². The van der Waals surface area contributed by atoms with Crippen LogP contribution in [0.4, 0.5) is 18.9 Å². The molecule has 1 N–H and O–H groups in total. The van der Waals surface area contributed by atoms with E-state index in [4.69, 9.17) is 11.6 Å². The topological polar surface area (TPSA) is 86.8 Å². The fourth-order valence-electron chi connectivity index (χ4n) is 4.31. The van der Waals surface area contributed by atoms with Crippen LogP contribution in [0.5, 0.6) is 0 Å². The van der Waals surface area contributed by atoms with Gasteiger partial charge in [0.05, 0.1) is 21.2 Å². The van der Waals surface area contributed by atoms with Crippen LogP contribution in [-0.4, -0.2) is 44.8 Å². The summed E-state index contributed by atoms with van der Waals surface area (Å²) in [6, 6.07) is 14.6. The van der Waals surface area contributed by atoms with Crippen molar-refractivity contribution in [3.05, 3.63) is 94.0 Å². The molecule has 0 aliphatic heterocycles. The number of hydrogen-bond acceptors (Lipinski definition) is 4. The van der Waals surface area contributed by atoms with Crippen molar-refractivity contribution < 1.29 is 31.2 Å². The van der Waals surface area contributed by atoms with Crippen molar-refractivity contribution in [2.24, 2.45) is 0 Å². The first-order valence-electron chi connectivity index (χ1n) is 12.7. The second-order valence-electron chi connectivity index (χ2n) is 9.47. The number of likely N-dealkylation sites (N-methyl/N-ethyl adjacent to an activating group) is 1. The van der Waals surface area contributed by atoms with Crippen molar-refractivity contribution >= 4 is 39.1 Å². The van der Waals surface area contributed by atoms with E-state index in [1.54, 1.807) is 38.1 Å². The molecular weight excluding hydrogens is 579 g/mol. The first-order valence-corrected chi connectivity index (χ1v) is 14.5. The number of nitrogens with one attached hydrogen (secondary N) is 1. The number of hydrogen-bond donors (Lipinski definition) is 1. The van der Waals surface area contributed by atoms with Crippen molar-refractivity contribution in [2.75, 3.05) is 17.9 Å². The Balaban J connectivity index is 2.16. The smallest absolute Gasteiger partial charge is 0.357 e. The molecule has 220 valence electrons. The Labute approximate surface area is 243 Å². The van der Waals surface area contributed by atoms with Gasteiger partial charge >= 0.3 is 6.18 Å². The Morgan fingerprint density at radius 1 is 1.00 bits per heavy atom. The number of carbonyl (C=O) groups is 2. The summed E-state index contributed by atoms with van der Waals surface area (Å²) in [5, 5.41) is 1.91. The summed E-state index contributed by atoms with van der Waals surface area (Å²) in [5.41, 5.74) is 0.676. The summed E-state index contributed by atoms with van der Waals surface area (Å²) < 4.78 is 69.5. The van der Waals surface area contributed by atoms with E-state index in [0.717, 1.165) is 28.8 Å². The number of carbonyl (C=O) groups excluding carboxylic acids is 2. The second-order valence-corrected chi connectivity index (χ2v) is 11.7. The highest BCUT2D eigenvalue weighted by Crippen LogP contribution is 2.38. The van der Waals surface area contributed by atoms with E-state index < -0.39 is 56.9 Å². The van der Waals surface area contributed by atoms with Crippen molar-refractivity contribution in [3.8, 4) is 0 Å². The molecule has 0 bridgehead atoms. The zero-order chi connectivity index (χ0) is 30.5. The zero-order valence-electron chi connectivity index (χ0n) is 23.0. The Bertz CT molecular complexity index is 1510. The Hall–Kier alpha value is -3.57. The maximum atomic E-state index is 13.9. The quantitative estimate of drug-likeness (QED) is 0.318. The normalized spacial score (nSPS) is 12.5. The Kier molecular flexibility index (Phi) is 10.1. The zero-order valence-corrected chi connectivity index (χ0v) is 24.6. The fourth-order valence-corrected chi connectivity index (χ4v) is 5.94. The second kappa shape index (κ2) is 12.9. The SMILES string of the molecule is CC[C@@H](C(=O)NC)N(Cc1ccccc1C)C(=O)CN(c1ccc(Cl)c(C(F)(F)F)c1)S(=O)(=O)c1ccc(C)cc1. The summed E-state index contributed by atoms with van der Waals surface area (Å²) >= 11 is 5.80. The highest BCUT2D eigenvalue weighted by atomic mass is 35.5. The molecule has 0 aromatic heterocycles. The van der Waals surface area contributed by atoms with Gasteiger partial charge in [-0.25, -0.2) is 8.42 Å². The van der Waals surface area contributed by atoms with Gasteiger partial charge in [-0.2, -0.15) is 13.2 Å². The first-order chi connectivity index (χ1) is 19.2. The minimum Gasteiger partial charge on any atom is -0.357 e. The molecule has 3 aromatic rings. The number of alkyl halides is 3. The van der Waals surface area contributed by atoms with Gasteiger partial charge in [-0.15, -0.1) is 0 Å². The maximum Gasteiger partial charge on any atom is 0.417 e. The number of sulfonamides is 1. The molecule has 0 aliphatic carbocycles. The van der Waals surface area contributed by atoms with Gasteiger partial charge in [-0.05, 0) is 61.7 Å². The molecule has 0 saturated heterocycles. The average Bonchev–Trinajstić information content (AvgIpc) is 2.92. The van der Waals surface area contributed by atoms with Gasteiger partial charge in [0.15, 0.2) is 0 Å². The lowest BCUT2D eigenvalue weighted by Crippen LogP contribution is -2.51. The van der Waals surface area contributed by atoms with E-state index >= 15 is 0 Å². The number of halogens is 4. The number of rotatable bonds is 10. The third-order valence-electron chi connectivity index (χ3n) is 6.67. The van der Waals surface area contributed by atoms with Gasteiger partial charge < -0.3 is 10.2 Å². The molecule has 2 amide bonds. The van der Waals surface area contributed by atoms with E-state index in [1.807, 2.05) is 19.1 Å². The summed E-state index contributed by atoms with van der Waals surface area (Å²) in [7, 11) is -3.12. The Morgan fingerprint density at radius 2 is 1.63 bits per heavy atom. The van der Waals surface area contributed by atoms with Crippen molar-refractivity contribution in [3.63, 3.8) is 0 Å². The van der Waals surface area contributed by atoms with Crippen molar-refractivity contribution in [1.82, 2.24) is 10.2 Å². The van der Waals surface area contributed by atoms with Crippen LogP contribution in [0.3, 0.4) is 0 Å². The molecule has 7 nitrogen and oxygen atoms in total. The molecular formula is C29H31ClF3N3O4S. The van der Waals surface area contributed by atoms with Gasteiger partial charge in [-0.3, -0.25) is 13.9 Å². The van der Waals surface area contributed by atoms with E-state index in [0.29, 0.717) is 10.4 Å². The van der Waals surface area contributed by atoms with Crippen molar-refractivity contribution in [2.45, 2.75) is 50.9 Å². The minimum absolute atomic E-state index is 0.0235. The number of aryl methyl sites for hydroxylation is 2. The Morgan fingerprint density at radius 3 is 2.20 bits per heavy atom. The van der Waals surface area contributed by atoms with Gasteiger partial charge in [0.1, 0.15) is 12.6 Å². The van der Waals surface area contributed by atoms with Crippen LogP contribution in [0.25, 0.3) is 0 Å². The van der Waals surface area contributed by atoms with Crippen LogP contribution in [0.1, 0.15) is 35.6 Å². The van der Waals surface area contributed by atoms with E-state index in [1.165, 1.54) is 24.1 Å². The molecule has 0 spiro atoms. The lowest BCUT2D eigenvalue weighted by molar-refractivity contribution is -0.140. The van der Waals surface area contributed by atoms with Crippen LogP contribution >= 0.6 is 11.6 Å². The lowest BCUT2D eigenvalue weighted by atomic mass is 10.1. The molecule has 0 radical (unpaired) electrons. The van der Waals surface area contributed by atoms with E-state index in [9.17, 15) is 31.2 Å². The monoisotopic (exact) mass is 609 g/mol. The standard InChI is InChI=1S/C29H31ClF3N3O4S/c1-5-26(28(38)34-4)35(17-21-9-7-6-8-20(21)3)27(37)18-36(41(39,40)23-13-10-19(2)11-14-23)22-12-15-25(30)24(16-22)29(31,32)33/h6-16,26H,5,17-18H2,1-4H3,(H,34,38)/t26-/m0/s1. The number of benzene rings is 3. The summed E-state index contributed by atoms with van der Waals surface area (Å²) in [5.74, 6) is -1.24. The van der Waals surface area contributed by atoms with Crippen LogP contribution < -0.4 is 9.62 Å². The van der Waals surface area contributed by atoms with Crippen LogP contribution in [0, 0.1) is 13.8 Å². The average molecular weight is 610 g/mol. The highest BCUT2D eigenvalue weighted by Gasteiger charge is 2.37. The molecule has 0 fully saturated rings. The molecule has 3 aromatic carbocycles. The van der Waals surface area contributed by atoms with E-state index in [2.05, 4.69) is 5.32 Å². The molecule has 0 saturated carbocycles. The summed E-state index contributed by atoms with van der Waals surface area (Å²) in [6.45, 7) is 4.39. The summed E-state index contributed by atoms with van der Waals surface area (Å²) in [6.07, 6.45) is -4.67. The molecule has 1 atom stereocenters. The van der Waals surface area contributed by atoms with Crippen molar-refractivity contribution in [1.29, 1.82) is 0 Å². The fraction of sp³-hybridized carbons (Fsp3) is 0.310. The van der Waals surface area contributed by atoms with Gasteiger partial charge in [0, 0.05) is 13.6 Å². The maximum absolute atomic E-state index is 13.9. The van der Waals surface area contributed by atoms with Crippen LogP contribution in [-0.2, 0) is 32.3 Å². The van der Waals surface area contributed by atoms with Gasteiger partial charge in [-0.1, -0.05) is 60.5 Å². The number of nitrogens with zero attached hydrogens (tertiary/aromatic N) is 2. The molecule has 0 unspecified atom stereocenters. The summed E-state index contributed by atoms with van der Waals surface area (Å²) in [4.78, 5) is 27.8. The largest absolute Gasteiger partial charge is 0.417 e. The first kappa shape index (κ1) is 32.0. The van der Waals surface area contributed by atoms with Crippen LogP contribution in [0.15, 0.2) is 71.6 Å². The lowest BCUT2D eigenvalue weighted by Gasteiger charge is -2.33. The number of amides is 2. The predicted octanol–water partition coefficient (Wildman–Crippen LogP) is 5.72. The molecule has 0 aliphatic rings. The molecule has 41 heavy (non-hydrogen) atoms. The van der Waals surface area contributed by atoms with Crippen LogP contribution in [0.2, 0.25) is 5.02 Å². The van der Waals surface area contributed by atoms with E-state index in [-0.39, 0.29) is 17.9 Å². The number of anilines is 1. The predicted molar refractivity (Wildman–Crippen MR) is 152 cm³/mol. The molecule has 0 heterocycles. The third kappa shape index (κ3) is 7.39. The third-order valence-corrected chi connectivity index (χ3v) is 8.78.